The molecular weight excluding hydrogens is 377 g/mol. The Morgan fingerprint density at radius 2 is 2.30 bits per heavy atom. The molecule has 8 nitrogen and oxygen atoms in total. The van der Waals surface area contributed by atoms with Crippen LogP contribution in [0.2, 0.25) is 0 Å². The maximum Gasteiger partial charge on any atom is 0.167 e. The highest BCUT2D eigenvalue weighted by Gasteiger charge is 2.45. The van der Waals surface area contributed by atoms with Gasteiger partial charge in [-0.05, 0) is 0 Å². The standard InChI is InChI=1S/C11H14IN5O3/c1-19-8-7(18)5(2-12)20-11(8)17-4-16-6-9(13)14-3-15-10(6)17/h3-5,7-8,11,18H,2H2,1H3,(H2,13,14,15)/t5-,7?,8+,11-/m1/s1. The minimum absolute atomic E-state index is 0.290. The average molecular weight is 391 g/mol. The summed E-state index contributed by atoms with van der Waals surface area (Å²) in [5.74, 6) is 0.312. The van der Waals surface area contributed by atoms with Crippen LogP contribution in [0.4, 0.5) is 5.82 Å². The Balaban J connectivity index is 2.04. The summed E-state index contributed by atoms with van der Waals surface area (Å²) in [5, 5.41) is 10.2. The summed E-state index contributed by atoms with van der Waals surface area (Å²) in [4.78, 5) is 12.3. The van der Waals surface area contributed by atoms with Gasteiger partial charge in [-0.25, -0.2) is 15.0 Å². The molecule has 1 aliphatic heterocycles. The fourth-order valence-corrected chi connectivity index (χ4v) is 3.11. The SMILES string of the molecule is CO[C@H]1C(O)[C@@H](CI)O[C@H]1n1cnc2c(N)ncnc21. The van der Waals surface area contributed by atoms with E-state index >= 15 is 0 Å². The number of nitrogen functional groups attached to an aromatic ring is 1. The molecule has 0 saturated carbocycles. The van der Waals surface area contributed by atoms with E-state index in [4.69, 9.17) is 15.2 Å². The van der Waals surface area contributed by atoms with Crippen LogP contribution in [0.1, 0.15) is 6.23 Å². The Hall–Kier alpha value is -1.04. The minimum Gasteiger partial charge on any atom is -0.387 e. The van der Waals surface area contributed by atoms with Gasteiger partial charge in [-0.2, -0.15) is 0 Å². The number of anilines is 1. The summed E-state index contributed by atoms with van der Waals surface area (Å²) in [6.45, 7) is 0. The number of alkyl halides is 1. The largest absolute Gasteiger partial charge is 0.387 e. The quantitative estimate of drug-likeness (QED) is 0.565. The van der Waals surface area contributed by atoms with Crippen molar-refractivity contribution in [3.63, 3.8) is 0 Å². The van der Waals surface area contributed by atoms with E-state index in [9.17, 15) is 5.11 Å². The Morgan fingerprint density at radius 3 is 3.00 bits per heavy atom. The zero-order valence-corrected chi connectivity index (χ0v) is 12.8. The fraction of sp³-hybridized carbons (Fsp3) is 0.545. The van der Waals surface area contributed by atoms with Crippen LogP contribution in [0.15, 0.2) is 12.7 Å². The van der Waals surface area contributed by atoms with Crippen molar-refractivity contribution in [2.24, 2.45) is 0 Å². The van der Waals surface area contributed by atoms with Crippen molar-refractivity contribution < 1.29 is 14.6 Å². The third kappa shape index (κ3) is 2.05. The first-order chi connectivity index (χ1) is 9.67. The molecule has 0 bridgehead atoms. The second-order valence-electron chi connectivity index (χ2n) is 4.49. The van der Waals surface area contributed by atoms with Gasteiger partial charge in [-0.3, -0.25) is 4.57 Å². The van der Waals surface area contributed by atoms with Crippen LogP contribution in [-0.4, -0.2) is 54.5 Å². The van der Waals surface area contributed by atoms with Gasteiger partial charge in [0.2, 0.25) is 0 Å². The van der Waals surface area contributed by atoms with Crippen molar-refractivity contribution >= 4 is 39.6 Å². The highest BCUT2D eigenvalue weighted by molar-refractivity contribution is 14.1. The molecule has 2 aromatic rings. The number of aromatic nitrogens is 4. The van der Waals surface area contributed by atoms with E-state index < -0.39 is 18.4 Å². The maximum atomic E-state index is 10.2. The van der Waals surface area contributed by atoms with E-state index in [2.05, 4.69) is 37.5 Å². The number of methoxy groups -OCH3 is 1. The Kier molecular flexibility index (Phi) is 3.75. The number of hydrogen-bond acceptors (Lipinski definition) is 7. The summed E-state index contributed by atoms with van der Waals surface area (Å²) in [6.07, 6.45) is 0.992. The van der Waals surface area contributed by atoms with Crippen LogP contribution < -0.4 is 5.73 Å². The second kappa shape index (κ2) is 5.39. The smallest absolute Gasteiger partial charge is 0.167 e. The van der Waals surface area contributed by atoms with Crippen LogP contribution in [-0.2, 0) is 9.47 Å². The van der Waals surface area contributed by atoms with Crippen LogP contribution in [0.25, 0.3) is 11.2 Å². The number of halogens is 1. The molecule has 0 radical (unpaired) electrons. The first kappa shape index (κ1) is 13.9. The summed E-state index contributed by atoms with van der Waals surface area (Å²) >= 11 is 2.17. The predicted molar refractivity (Wildman–Crippen MR) is 79.3 cm³/mol. The molecule has 1 saturated heterocycles. The van der Waals surface area contributed by atoms with E-state index in [1.165, 1.54) is 6.33 Å². The lowest BCUT2D eigenvalue weighted by Crippen LogP contribution is -2.33. The molecule has 2 aromatic heterocycles. The molecule has 9 heteroatoms. The summed E-state index contributed by atoms with van der Waals surface area (Å²) < 4.78 is 13.6. The van der Waals surface area contributed by atoms with E-state index in [1.54, 1.807) is 18.0 Å². The number of imidazole rings is 1. The van der Waals surface area contributed by atoms with Crippen molar-refractivity contribution in [2.45, 2.75) is 24.5 Å². The molecule has 0 amide bonds. The predicted octanol–water partition coefficient (Wildman–Crippen LogP) is 0.117. The highest BCUT2D eigenvalue weighted by atomic mass is 127. The molecule has 0 spiro atoms. The maximum absolute atomic E-state index is 10.2. The van der Waals surface area contributed by atoms with E-state index in [-0.39, 0.29) is 6.10 Å². The van der Waals surface area contributed by atoms with E-state index in [1.807, 2.05) is 0 Å². The molecule has 1 aliphatic rings. The number of fused-ring (bicyclic) bond motifs is 1. The van der Waals surface area contributed by atoms with Crippen molar-refractivity contribution in [2.75, 3.05) is 17.3 Å². The lowest BCUT2D eigenvalue weighted by Gasteiger charge is -2.19. The molecule has 4 atom stereocenters. The summed E-state index contributed by atoms with van der Waals surface area (Å²) in [6, 6.07) is 0. The third-order valence-corrected chi connectivity index (χ3v) is 4.27. The molecule has 3 N–H and O–H groups in total. The molecule has 20 heavy (non-hydrogen) atoms. The highest BCUT2D eigenvalue weighted by Crippen LogP contribution is 2.34. The van der Waals surface area contributed by atoms with Gasteiger partial charge in [0, 0.05) is 11.5 Å². The number of rotatable bonds is 3. The molecule has 1 fully saturated rings. The van der Waals surface area contributed by atoms with Crippen molar-refractivity contribution in [3.05, 3.63) is 12.7 Å². The normalized spacial score (nSPS) is 30.1. The Labute approximate surface area is 128 Å². The summed E-state index contributed by atoms with van der Waals surface area (Å²) in [7, 11) is 1.54. The molecule has 108 valence electrons. The fourth-order valence-electron chi connectivity index (χ4n) is 2.38. The molecule has 1 unspecified atom stereocenters. The molecule has 3 rings (SSSR count). The van der Waals surface area contributed by atoms with Gasteiger partial charge >= 0.3 is 0 Å². The van der Waals surface area contributed by atoms with Gasteiger partial charge in [0.1, 0.15) is 24.1 Å². The Morgan fingerprint density at radius 1 is 1.50 bits per heavy atom. The summed E-state index contributed by atoms with van der Waals surface area (Å²) in [5.41, 5.74) is 6.84. The van der Waals surface area contributed by atoms with Gasteiger partial charge in [-0.15, -0.1) is 0 Å². The number of aliphatic hydroxyl groups is 1. The molecular formula is C11H14IN5O3. The first-order valence-corrected chi connectivity index (χ1v) is 7.55. The Bertz CT molecular complexity index is 621. The topological polar surface area (TPSA) is 108 Å². The molecule has 0 aliphatic carbocycles. The zero-order chi connectivity index (χ0) is 14.3. The number of nitrogens with zero attached hydrogens (tertiary/aromatic N) is 4. The van der Waals surface area contributed by atoms with E-state index in [0.717, 1.165) is 0 Å². The van der Waals surface area contributed by atoms with E-state index in [0.29, 0.717) is 21.4 Å². The monoisotopic (exact) mass is 391 g/mol. The van der Waals surface area contributed by atoms with Crippen molar-refractivity contribution in [3.8, 4) is 0 Å². The van der Waals surface area contributed by atoms with Gasteiger partial charge in [0.05, 0.1) is 12.4 Å². The van der Waals surface area contributed by atoms with Crippen molar-refractivity contribution in [1.82, 2.24) is 19.5 Å². The second-order valence-corrected chi connectivity index (χ2v) is 5.37. The minimum atomic E-state index is -0.696. The van der Waals surface area contributed by atoms with Gasteiger partial charge in [-0.1, -0.05) is 22.6 Å². The lowest BCUT2D eigenvalue weighted by molar-refractivity contribution is -0.0465. The van der Waals surface area contributed by atoms with Gasteiger partial charge < -0.3 is 20.3 Å². The zero-order valence-electron chi connectivity index (χ0n) is 10.7. The average Bonchev–Trinajstić information content (AvgIpc) is 3.00. The van der Waals surface area contributed by atoms with Crippen LogP contribution in [0.5, 0.6) is 0 Å². The first-order valence-electron chi connectivity index (χ1n) is 6.02. The number of ether oxygens (including phenoxy) is 2. The van der Waals surface area contributed by atoms with Gasteiger partial charge in [0.15, 0.2) is 17.7 Å². The van der Waals surface area contributed by atoms with Crippen molar-refractivity contribution in [1.29, 1.82) is 0 Å². The van der Waals surface area contributed by atoms with Crippen LogP contribution >= 0.6 is 22.6 Å². The number of hydrogen-bond donors (Lipinski definition) is 2. The van der Waals surface area contributed by atoms with Crippen LogP contribution in [0.3, 0.4) is 0 Å². The lowest BCUT2D eigenvalue weighted by atomic mass is 10.1. The number of aliphatic hydroxyl groups excluding tert-OH is 1. The third-order valence-electron chi connectivity index (χ3n) is 3.40. The van der Waals surface area contributed by atoms with Crippen LogP contribution in [0, 0.1) is 0 Å². The molecule has 3 heterocycles. The van der Waals surface area contributed by atoms with Gasteiger partial charge in [0.25, 0.3) is 0 Å². The number of nitrogens with two attached hydrogens (primary N) is 1. The molecule has 0 aromatic carbocycles.